The fourth-order valence-corrected chi connectivity index (χ4v) is 11.3. The van der Waals surface area contributed by atoms with Crippen molar-refractivity contribution >= 4 is 65.6 Å². The Morgan fingerprint density at radius 3 is 1.63 bits per heavy atom. The van der Waals surface area contributed by atoms with Crippen LogP contribution in [-0.2, 0) is 5.41 Å². The molecule has 2 nitrogen and oxygen atoms in total. The summed E-state index contributed by atoms with van der Waals surface area (Å²) < 4.78 is 2.62. The van der Waals surface area contributed by atoms with Crippen LogP contribution in [0.2, 0.25) is 0 Å². The normalized spacial score (nSPS) is 22.5. The van der Waals surface area contributed by atoms with Gasteiger partial charge in [-0.1, -0.05) is 78.9 Å². The molecule has 1 heterocycles. The van der Waals surface area contributed by atoms with Gasteiger partial charge in [-0.15, -0.1) is 11.3 Å². The fraction of sp³-hybridized carbons (Fsp3) is 0.217. The van der Waals surface area contributed by atoms with Crippen LogP contribution in [-0.4, -0.2) is 0 Å². The van der Waals surface area contributed by atoms with E-state index in [9.17, 15) is 0 Å². The van der Waals surface area contributed by atoms with Crippen LogP contribution in [0.3, 0.4) is 0 Å². The summed E-state index contributed by atoms with van der Waals surface area (Å²) in [7, 11) is 0. The fourth-order valence-electron chi connectivity index (χ4n) is 10.2. The molecule has 6 aromatic carbocycles. The molecule has 0 radical (unpaired) electrons. The van der Waals surface area contributed by atoms with E-state index in [0.29, 0.717) is 5.41 Å². The maximum atomic E-state index is 2.47. The van der Waals surface area contributed by atoms with Crippen molar-refractivity contribution < 1.29 is 0 Å². The van der Waals surface area contributed by atoms with Gasteiger partial charge in [0.25, 0.3) is 0 Å². The van der Waals surface area contributed by atoms with Crippen LogP contribution in [0.1, 0.15) is 44.1 Å². The summed E-state index contributed by atoms with van der Waals surface area (Å²) in [6.45, 7) is 0. The first kappa shape index (κ1) is 29.1. The molecule has 4 bridgehead atoms. The van der Waals surface area contributed by atoms with Gasteiger partial charge in [-0.05, 0) is 140 Å². The average molecular weight is 653 g/mol. The summed E-state index contributed by atoms with van der Waals surface area (Å²) in [5.74, 6) is 2.83. The van der Waals surface area contributed by atoms with E-state index in [2.05, 4.69) is 161 Å². The van der Waals surface area contributed by atoms with E-state index in [0.717, 1.165) is 34.8 Å². The van der Waals surface area contributed by atoms with Crippen molar-refractivity contribution in [1.29, 1.82) is 0 Å². The SMILES string of the molecule is c1ccc(N(c2ccc(C34CC5CC(CC(C5)C3)C4)cc2)c2cccc(N(c3ccccc3)c3cccc4sc5ccccc5c34)c2)cc1. The summed E-state index contributed by atoms with van der Waals surface area (Å²) >= 11 is 1.87. The molecular formula is C46H40N2S. The molecule has 4 fully saturated rings. The molecule has 0 amide bonds. The van der Waals surface area contributed by atoms with E-state index in [-0.39, 0.29) is 0 Å². The van der Waals surface area contributed by atoms with Gasteiger partial charge >= 0.3 is 0 Å². The first-order valence-electron chi connectivity index (χ1n) is 18.0. The number of rotatable bonds is 7. The first-order chi connectivity index (χ1) is 24.2. The summed E-state index contributed by atoms with van der Waals surface area (Å²) in [5, 5.41) is 2.61. The average Bonchev–Trinajstić information content (AvgIpc) is 3.52. The Morgan fingerprint density at radius 1 is 0.449 bits per heavy atom. The molecule has 49 heavy (non-hydrogen) atoms. The van der Waals surface area contributed by atoms with Gasteiger partial charge in [0.15, 0.2) is 0 Å². The second-order valence-electron chi connectivity index (χ2n) is 14.9. The van der Waals surface area contributed by atoms with Gasteiger partial charge in [0, 0.05) is 48.6 Å². The van der Waals surface area contributed by atoms with Gasteiger partial charge in [0.05, 0.1) is 5.69 Å². The lowest BCUT2D eigenvalue weighted by Crippen LogP contribution is -2.48. The molecule has 11 rings (SSSR count). The van der Waals surface area contributed by atoms with Gasteiger partial charge in [-0.2, -0.15) is 0 Å². The molecule has 4 aliphatic rings. The Morgan fingerprint density at radius 2 is 0.959 bits per heavy atom. The van der Waals surface area contributed by atoms with Crippen LogP contribution in [0, 0.1) is 17.8 Å². The van der Waals surface area contributed by atoms with Gasteiger partial charge in [0.2, 0.25) is 0 Å². The number of thiophene rings is 1. The van der Waals surface area contributed by atoms with Crippen molar-refractivity contribution in [2.24, 2.45) is 17.8 Å². The molecule has 240 valence electrons. The van der Waals surface area contributed by atoms with E-state index in [1.807, 2.05) is 11.3 Å². The lowest BCUT2D eigenvalue weighted by atomic mass is 9.48. The molecule has 3 heteroatoms. The van der Waals surface area contributed by atoms with E-state index in [1.165, 1.54) is 75.8 Å². The minimum atomic E-state index is 0.397. The molecule has 1 aromatic heterocycles. The molecular weight excluding hydrogens is 613 g/mol. The lowest BCUT2D eigenvalue weighted by Gasteiger charge is -2.57. The number of hydrogen-bond donors (Lipinski definition) is 0. The smallest absolute Gasteiger partial charge is 0.0554 e. The highest BCUT2D eigenvalue weighted by atomic mass is 32.1. The topological polar surface area (TPSA) is 6.48 Å². The van der Waals surface area contributed by atoms with Gasteiger partial charge in [-0.3, -0.25) is 0 Å². The van der Waals surface area contributed by atoms with Crippen molar-refractivity contribution in [2.45, 2.75) is 43.9 Å². The van der Waals surface area contributed by atoms with Gasteiger partial charge in [0.1, 0.15) is 0 Å². The summed E-state index contributed by atoms with van der Waals surface area (Å²) in [4.78, 5) is 4.86. The van der Waals surface area contributed by atoms with Crippen LogP contribution in [0.25, 0.3) is 20.2 Å². The molecule has 0 atom stereocenters. The molecule has 0 spiro atoms. The second-order valence-corrected chi connectivity index (χ2v) is 15.9. The summed E-state index contributed by atoms with van der Waals surface area (Å²) in [6, 6.07) is 56.0. The third-order valence-corrected chi connectivity index (χ3v) is 12.9. The van der Waals surface area contributed by atoms with Crippen molar-refractivity contribution in [3.05, 3.63) is 157 Å². The quantitative estimate of drug-likeness (QED) is 0.169. The molecule has 0 aliphatic heterocycles. The Bertz CT molecular complexity index is 2240. The maximum absolute atomic E-state index is 2.47. The second kappa shape index (κ2) is 11.6. The zero-order chi connectivity index (χ0) is 32.4. The van der Waals surface area contributed by atoms with Crippen LogP contribution in [0.4, 0.5) is 34.1 Å². The first-order valence-corrected chi connectivity index (χ1v) is 18.8. The summed E-state index contributed by atoms with van der Waals surface area (Å²) in [6.07, 6.45) is 8.62. The molecule has 4 aliphatic carbocycles. The highest BCUT2D eigenvalue weighted by Gasteiger charge is 2.51. The Hall–Kier alpha value is -4.86. The van der Waals surface area contributed by atoms with Crippen molar-refractivity contribution in [3.8, 4) is 0 Å². The van der Waals surface area contributed by atoms with Crippen LogP contribution in [0.15, 0.2) is 152 Å². The monoisotopic (exact) mass is 652 g/mol. The molecule has 4 saturated carbocycles. The highest BCUT2D eigenvalue weighted by Crippen LogP contribution is 2.61. The Kier molecular flexibility index (Phi) is 6.91. The van der Waals surface area contributed by atoms with Crippen molar-refractivity contribution in [1.82, 2.24) is 0 Å². The maximum Gasteiger partial charge on any atom is 0.0554 e. The minimum Gasteiger partial charge on any atom is -0.310 e. The number of benzene rings is 6. The van der Waals surface area contributed by atoms with Crippen molar-refractivity contribution in [3.63, 3.8) is 0 Å². The van der Waals surface area contributed by atoms with Gasteiger partial charge < -0.3 is 9.80 Å². The third-order valence-electron chi connectivity index (χ3n) is 11.8. The van der Waals surface area contributed by atoms with E-state index >= 15 is 0 Å². The number of para-hydroxylation sites is 2. The number of anilines is 6. The zero-order valence-electron chi connectivity index (χ0n) is 27.7. The van der Waals surface area contributed by atoms with E-state index < -0.39 is 0 Å². The van der Waals surface area contributed by atoms with E-state index in [1.54, 1.807) is 5.56 Å². The largest absolute Gasteiger partial charge is 0.310 e. The van der Waals surface area contributed by atoms with Gasteiger partial charge in [-0.25, -0.2) is 0 Å². The Balaban J connectivity index is 1.09. The molecule has 7 aromatic rings. The Labute approximate surface area is 293 Å². The highest BCUT2D eigenvalue weighted by molar-refractivity contribution is 7.26. The van der Waals surface area contributed by atoms with E-state index in [4.69, 9.17) is 0 Å². The van der Waals surface area contributed by atoms with Crippen molar-refractivity contribution in [2.75, 3.05) is 9.80 Å². The molecule has 0 unspecified atom stereocenters. The van der Waals surface area contributed by atoms with Crippen LogP contribution < -0.4 is 9.80 Å². The zero-order valence-corrected chi connectivity index (χ0v) is 28.5. The standard InChI is InChI=1S/C46H40N2S/c1-3-11-36(12-4-1)47(38-23-21-35(22-24-38)46-29-32-25-33(30-46)27-34(26-32)31-46)39-15-9-16-40(28-39)48(37-13-5-2-6-14-37)42-18-10-20-44-45(42)41-17-7-8-19-43(41)49-44/h1-24,28,32-34H,25-27,29-31H2. The van der Waals surface area contributed by atoms with Crippen LogP contribution in [0.5, 0.6) is 0 Å². The number of hydrogen-bond acceptors (Lipinski definition) is 3. The third kappa shape index (κ3) is 4.98. The summed E-state index contributed by atoms with van der Waals surface area (Å²) in [5.41, 5.74) is 8.97. The molecule has 0 N–H and O–H groups in total. The predicted molar refractivity (Wildman–Crippen MR) is 209 cm³/mol. The lowest BCUT2D eigenvalue weighted by molar-refractivity contribution is -0.00518. The number of fused-ring (bicyclic) bond motifs is 3. The minimum absolute atomic E-state index is 0.397. The number of nitrogens with zero attached hydrogens (tertiary/aromatic N) is 2. The van der Waals surface area contributed by atoms with Crippen LogP contribution >= 0.6 is 11.3 Å². The predicted octanol–water partition coefficient (Wildman–Crippen LogP) is 13.5. The molecule has 0 saturated heterocycles.